The zero-order valence-corrected chi connectivity index (χ0v) is 9.17. The zero-order chi connectivity index (χ0) is 10.3. The Morgan fingerprint density at radius 3 is 2.36 bits per heavy atom. The van der Waals surface area contributed by atoms with E-state index in [1.165, 1.54) is 11.1 Å². The number of hydrogen-bond donors (Lipinski definition) is 1. The van der Waals surface area contributed by atoms with Crippen LogP contribution >= 0.6 is 0 Å². The van der Waals surface area contributed by atoms with Crippen LogP contribution in [0.3, 0.4) is 0 Å². The number of hydrogen-bond acceptors (Lipinski definition) is 1. The molecule has 1 saturated carbocycles. The van der Waals surface area contributed by atoms with Crippen LogP contribution in [-0.2, 0) is 5.60 Å². The lowest BCUT2D eigenvalue weighted by atomic mass is 9.68. The Labute approximate surface area is 85.8 Å². The molecule has 0 unspecified atom stereocenters. The number of rotatable bonds is 1. The average Bonchev–Trinajstić information content (AvgIpc) is 2.07. The first-order valence-corrected chi connectivity index (χ1v) is 5.31. The fourth-order valence-corrected chi connectivity index (χ4v) is 2.36. The predicted molar refractivity (Wildman–Crippen MR) is 58.2 cm³/mol. The molecule has 1 aliphatic carbocycles. The van der Waals surface area contributed by atoms with Gasteiger partial charge in [0.05, 0.1) is 5.60 Å². The Hall–Kier alpha value is -0.820. The van der Waals surface area contributed by atoms with Crippen molar-refractivity contribution < 1.29 is 5.11 Å². The molecular formula is C13H18O. The summed E-state index contributed by atoms with van der Waals surface area (Å²) in [7, 11) is 0. The maximum absolute atomic E-state index is 10.3. The molecular weight excluding hydrogens is 172 g/mol. The highest BCUT2D eigenvalue weighted by Gasteiger charge is 2.41. The van der Waals surface area contributed by atoms with Gasteiger partial charge in [0.1, 0.15) is 0 Å². The van der Waals surface area contributed by atoms with Gasteiger partial charge in [-0.2, -0.15) is 0 Å². The highest BCUT2D eigenvalue weighted by atomic mass is 16.3. The minimum Gasteiger partial charge on any atom is -0.385 e. The van der Waals surface area contributed by atoms with E-state index in [0.29, 0.717) is 5.92 Å². The van der Waals surface area contributed by atoms with Crippen LogP contribution in [0, 0.1) is 19.8 Å². The van der Waals surface area contributed by atoms with E-state index in [0.717, 1.165) is 18.4 Å². The molecule has 1 fully saturated rings. The minimum absolute atomic E-state index is 0.530. The van der Waals surface area contributed by atoms with E-state index < -0.39 is 5.60 Å². The molecule has 0 radical (unpaired) electrons. The van der Waals surface area contributed by atoms with Crippen molar-refractivity contribution in [1.29, 1.82) is 0 Å². The molecule has 0 atom stereocenters. The lowest BCUT2D eigenvalue weighted by Crippen LogP contribution is -2.39. The summed E-state index contributed by atoms with van der Waals surface area (Å²) in [4.78, 5) is 0. The molecule has 1 N–H and O–H groups in total. The van der Waals surface area contributed by atoms with Gasteiger partial charge >= 0.3 is 0 Å². The van der Waals surface area contributed by atoms with Crippen molar-refractivity contribution >= 4 is 0 Å². The average molecular weight is 190 g/mol. The van der Waals surface area contributed by atoms with Gasteiger partial charge in [-0.3, -0.25) is 0 Å². The minimum atomic E-state index is -0.530. The van der Waals surface area contributed by atoms with E-state index in [1.807, 2.05) is 0 Å². The fourth-order valence-electron chi connectivity index (χ4n) is 2.36. The maximum Gasteiger partial charge on any atom is 0.0901 e. The van der Waals surface area contributed by atoms with Crippen molar-refractivity contribution in [1.82, 2.24) is 0 Å². The van der Waals surface area contributed by atoms with Crippen molar-refractivity contribution in [2.45, 2.75) is 39.2 Å². The Bertz CT molecular complexity index is 348. The molecule has 1 nitrogen and oxygen atoms in total. The molecule has 1 heteroatoms. The largest absolute Gasteiger partial charge is 0.385 e. The van der Waals surface area contributed by atoms with Gasteiger partial charge in [-0.15, -0.1) is 0 Å². The second kappa shape index (κ2) is 3.09. The van der Waals surface area contributed by atoms with E-state index in [2.05, 4.69) is 39.0 Å². The summed E-state index contributed by atoms with van der Waals surface area (Å²) in [5, 5.41) is 10.3. The van der Waals surface area contributed by atoms with Gasteiger partial charge in [0.15, 0.2) is 0 Å². The smallest absolute Gasteiger partial charge is 0.0901 e. The van der Waals surface area contributed by atoms with Crippen LogP contribution in [0.15, 0.2) is 18.2 Å². The Kier molecular flexibility index (Phi) is 2.15. The van der Waals surface area contributed by atoms with E-state index in [-0.39, 0.29) is 0 Å². The SMILES string of the molecule is Cc1ccc(C2(O)CC(C)C2)cc1C. The van der Waals surface area contributed by atoms with Gasteiger partial charge in [0.2, 0.25) is 0 Å². The van der Waals surface area contributed by atoms with Crippen molar-refractivity contribution in [3.8, 4) is 0 Å². The quantitative estimate of drug-likeness (QED) is 0.722. The molecule has 2 rings (SSSR count). The van der Waals surface area contributed by atoms with Crippen LogP contribution in [0.25, 0.3) is 0 Å². The molecule has 0 saturated heterocycles. The summed E-state index contributed by atoms with van der Waals surface area (Å²) in [5.41, 5.74) is 3.14. The van der Waals surface area contributed by atoms with Crippen LogP contribution in [0.5, 0.6) is 0 Å². The van der Waals surface area contributed by atoms with Gasteiger partial charge in [-0.05, 0) is 49.3 Å². The summed E-state index contributed by atoms with van der Waals surface area (Å²) < 4.78 is 0. The van der Waals surface area contributed by atoms with Crippen LogP contribution in [0.2, 0.25) is 0 Å². The van der Waals surface area contributed by atoms with Crippen molar-refractivity contribution in [3.63, 3.8) is 0 Å². The molecule has 14 heavy (non-hydrogen) atoms. The van der Waals surface area contributed by atoms with Crippen LogP contribution < -0.4 is 0 Å². The van der Waals surface area contributed by atoms with E-state index in [1.54, 1.807) is 0 Å². The molecule has 0 spiro atoms. The molecule has 1 aromatic carbocycles. The van der Waals surface area contributed by atoms with E-state index >= 15 is 0 Å². The summed E-state index contributed by atoms with van der Waals surface area (Å²) in [6, 6.07) is 6.29. The van der Waals surface area contributed by atoms with E-state index in [9.17, 15) is 5.11 Å². The Morgan fingerprint density at radius 1 is 1.21 bits per heavy atom. The highest BCUT2D eigenvalue weighted by Crippen LogP contribution is 2.45. The van der Waals surface area contributed by atoms with Gasteiger partial charge in [-0.1, -0.05) is 25.1 Å². The third-order valence-electron chi connectivity index (χ3n) is 3.42. The molecule has 0 heterocycles. The van der Waals surface area contributed by atoms with Gasteiger partial charge in [-0.25, -0.2) is 0 Å². The standard InChI is InChI=1S/C13H18O/c1-9-7-13(14,8-9)12-5-4-10(2)11(3)6-12/h4-6,9,14H,7-8H2,1-3H3. The first-order chi connectivity index (χ1) is 6.51. The molecule has 1 aromatic rings. The van der Waals surface area contributed by atoms with Crippen molar-refractivity contribution in [3.05, 3.63) is 34.9 Å². The van der Waals surface area contributed by atoms with Crippen LogP contribution in [0.4, 0.5) is 0 Å². The predicted octanol–water partition coefficient (Wildman–Crippen LogP) is 2.92. The molecule has 0 amide bonds. The molecule has 0 aliphatic heterocycles. The Morgan fingerprint density at radius 2 is 1.86 bits per heavy atom. The lowest BCUT2D eigenvalue weighted by molar-refractivity contribution is -0.0738. The Balaban J connectivity index is 2.29. The lowest BCUT2D eigenvalue weighted by Gasteiger charge is -2.42. The summed E-state index contributed by atoms with van der Waals surface area (Å²) in [5.74, 6) is 0.668. The summed E-state index contributed by atoms with van der Waals surface area (Å²) >= 11 is 0. The second-order valence-corrected chi connectivity index (χ2v) is 4.84. The van der Waals surface area contributed by atoms with Crippen molar-refractivity contribution in [2.24, 2.45) is 5.92 Å². The third-order valence-corrected chi connectivity index (χ3v) is 3.42. The monoisotopic (exact) mass is 190 g/mol. The first-order valence-electron chi connectivity index (χ1n) is 5.31. The first kappa shape index (κ1) is 9.72. The highest BCUT2D eigenvalue weighted by molar-refractivity contribution is 5.34. The summed E-state index contributed by atoms with van der Waals surface area (Å²) in [6.07, 6.45) is 1.82. The third kappa shape index (κ3) is 1.46. The maximum atomic E-state index is 10.3. The fraction of sp³-hybridized carbons (Fsp3) is 0.538. The summed E-state index contributed by atoms with van der Waals surface area (Å²) in [6.45, 7) is 6.40. The van der Waals surface area contributed by atoms with E-state index in [4.69, 9.17) is 0 Å². The molecule has 76 valence electrons. The molecule has 1 aliphatic rings. The van der Waals surface area contributed by atoms with Gasteiger partial charge < -0.3 is 5.11 Å². The molecule has 0 aromatic heterocycles. The van der Waals surface area contributed by atoms with Crippen LogP contribution in [-0.4, -0.2) is 5.11 Å². The molecule has 0 bridgehead atoms. The number of aryl methyl sites for hydroxylation is 2. The number of benzene rings is 1. The number of aliphatic hydroxyl groups is 1. The van der Waals surface area contributed by atoms with Crippen molar-refractivity contribution in [2.75, 3.05) is 0 Å². The van der Waals surface area contributed by atoms with Gasteiger partial charge in [0.25, 0.3) is 0 Å². The van der Waals surface area contributed by atoms with Gasteiger partial charge in [0, 0.05) is 0 Å². The normalized spacial score (nSPS) is 31.3. The van der Waals surface area contributed by atoms with Crippen LogP contribution in [0.1, 0.15) is 36.5 Å². The zero-order valence-electron chi connectivity index (χ0n) is 9.17. The topological polar surface area (TPSA) is 20.2 Å². The second-order valence-electron chi connectivity index (χ2n) is 4.84.